The van der Waals surface area contributed by atoms with Crippen LogP contribution in [0.1, 0.15) is 5.56 Å². The first-order chi connectivity index (χ1) is 8.75. The Morgan fingerprint density at radius 2 is 1.56 bits per heavy atom. The van der Waals surface area contributed by atoms with Crippen molar-refractivity contribution >= 4 is 15.9 Å². The molecule has 0 radical (unpaired) electrons. The van der Waals surface area contributed by atoms with Crippen molar-refractivity contribution in [3.63, 3.8) is 0 Å². The topological polar surface area (TPSA) is 18.5 Å². The van der Waals surface area contributed by atoms with Gasteiger partial charge in [-0.25, -0.2) is 0 Å². The van der Waals surface area contributed by atoms with Crippen LogP contribution in [0.25, 0.3) is 0 Å². The fraction of sp³-hybridized carbons (Fsp3) is 0.200. The lowest BCUT2D eigenvalue weighted by molar-refractivity contribution is 0.216. The maximum absolute atomic E-state index is 5.65. The van der Waals surface area contributed by atoms with Gasteiger partial charge in [-0.15, -0.1) is 0 Å². The van der Waals surface area contributed by atoms with Crippen LogP contribution in [0.5, 0.6) is 11.5 Å². The third-order valence-corrected chi connectivity index (χ3v) is 3.05. The molecule has 0 aliphatic carbocycles. The number of hydrogen-bond donors (Lipinski definition) is 0. The van der Waals surface area contributed by atoms with E-state index in [9.17, 15) is 0 Å². The van der Waals surface area contributed by atoms with Gasteiger partial charge in [0.1, 0.15) is 24.7 Å². The molecule has 3 heteroatoms. The molecule has 0 N–H and O–H groups in total. The van der Waals surface area contributed by atoms with Gasteiger partial charge in [0.05, 0.1) is 0 Å². The zero-order chi connectivity index (χ0) is 12.8. The third kappa shape index (κ3) is 3.77. The second-order valence-corrected chi connectivity index (χ2v) is 4.83. The molecular weight excluding hydrogens is 292 g/mol. The highest BCUT2D eigenvalue weighted by Crippen LogP contribution is 2.17. The van der Waals surface area contributed by atoms with Gasteiger partial charge in [0.15, 0.2) is 0 Å². The quantitative estimate of drug-likeness (QED) is 0.770. The number of hydrogen-bond acceptors (Lipinski definition) is 2. The average Bonchev–Trinajstić information content (AvgIpc) is 2.39. The van der Waals surface area contributed by atoms with Gasteiger partial charge in [-0.05, 0) is 42.8 Å². The smallest absolute Gasteiger partial charge is 0.122 e. The fourth-order valence-electron chi connectivity index (χ4n) is 1.56. The predicted molar refractivity (Wildman–Crippen MR) is 76.3 cm³/mol. The predicted octanol–water partition coefficient (Wildman–Crippen LogP) is 4.22. The van der Waals surface area contributed by atoms with Crippen molar-refractivity contribution < 1.29 is 9.47 Å². The van der Waals surface area contributed by atoms with Crippen molar-refractivity contribution in [3.8, 4) is 11.5 Å². The number of benzene rings is 2. The minimum atomic E-state index is 0.538. The minimum absolute atomic E-state index is 0.538. The highest BCUT2D eigenvalue weighted by Gasteiger charge is 1.98. The van der Waals surface area contributed by atoms with E-state index in [1.165, 1.54) is 0 Å². The lowest BCUT2D eigenvalue weighted by atomic mass is 10.2. The number of para-hydroxylation sites is 1. The summed E-state index contributed by atoms with van der Waals surface area (Å²) in [5, 5.41) is 0. The maximum atomic E-state index is 5.65. The fourth-order valence-corrected chi connectivity index (χ4v) is 1.82. The van der Waals surface area contributed by atoms with Crippen LogP contribution in [0.4, 0.5) is 0 Å². The van der Waals surface area contributed by atoms with Gasteiger partial charge in [0, 0.05) is 4.47 Å². The summed E-state index contributed by atoms with van der Waals surface area (Å²) in [6.07, 6.45) is 0. The largest absolute Gasteiger partial charge is 0.490 e. The van der Waals surface area contributed by atoms with Crippen LogP contribution in [0.15, 0.2) is 53.0 Å². The zero-order valence-electron chi connectivity index (χ0n) is 10.2. The summed E-state index contributed by atoms with van der Waals surface area (Å²) >= 11 is 3.39. The standard InChI is InChI=1S/C15H15BrO2/c1-12-4-2-3-5-15(12)18-11-10-17-14-8-6-13(16)7-9-14/h2-9H,10-11H2,1H3. The first-order valence-electron chi connectivity index (χ1n) is 5.82. The molecule has 0 spiro atoms. The highest BCUT2D eigenvalue weighted by atomic mass is 79.9. The SMILES string of the molecule is Cc1ccccc1OCCOc1ccc(Br)cc1. The molecule has 2 rings (SSSR count). The summed E-state index contributed by atoms with van der Waals surface area (Å²) in [5.41, 5.74) is 1.14. The molecular formula is C15H15BrO2. The van der Waals surface area contributed by atoms with Crippen LogP contribution in [-0.2, 0) is 0 Å². The Labute approximate surface area is 116 Å². The van der Waals surface area contributed by atoms with Gasteiger partial charge in [0.2, 0.25) is 0 Å². The second-order valence-electron chi connectivity index (χ2n) is 3.92. The van der Waals surface area contributed by atoms with Gasteiger partial charge >= 0.3 is 0 Å². The maximum Gasteiger partial charge on any atom is 0.122 e. The van der Waals surface area contributed by atoms with E-state index in [1.807, 2.05) is 55.5 Å². The number of ether oxygens (including phenoxy) is 2. The average molecular weight is 307 g/mol. The molecule has 94 valence electrons. The van der Waals surface area contributed by atoms with Crippen LogP contribution in [0.3, 0.4) is 0 Å². The van der Waals surface area contributed by atoms with Gasteiger partial charge < -0.3 is 9.47 Å². The van der Waals surface area contributed by atoms with Crippen molar-refractivity contribution in [2.24, 2.45) is 0 Å². The molecule has 0 aliphatic heterocycles. The Hall–Kier alpha value is -1.48. The molecule has 0 aliphatic rings. The molecule has 0 fully saturated rings. The van der Waals surface area contributed by atoms with Gasteiger partial charge in [-0.2, -0.15) is 0 Å². The van der Waals surface area contributed by atoms with Crippen molar-refractivity contribution in [2.75, 3.05) is 13.2 Å². The molecule has 2 aromatic carbocycles. The first-order valence-corrected chi connectivity index (χ1v) is 6.62. The number of rotatable bonds is 5. The Morgan fingerprint density at radius 3 is 2.28 bits per heavy atom. The van der Waals surface area contributed by atoms with Gasteiger partial charge in [-0.1, -0.05) is 34.1 Å². The Morgan fingerprint density at radius 1 is 0.889 bits per heavy atom. The van der Waals surface area contributed by atoms with Crippen molar-refractivity contribution in [1.29, 1.82) is 0 Å². The van der Waals surface area contributed by atoms with Crippen molar-refractivity contribution in [2.45, 2.75) is 6.92 Å². The normalized spacial score (nSPS) is 10.1. The van der Waals surface area contributed by atoms with E-state index < -0.39 is 0 Å². The summed E-state index contributed by atoms with van der Waals surface area (Å²) in [6, 6.07) is 15.7. The molecule has 0 unspecified atom stereocenters. The minimum Gasteiger partial charge on any atom is -0.490 e. The van der Waals surface area contributed by atoms with Crippen LogP contribution >= 0.6 is 15.9 Å². The third-order valence-electron chi connectivity index (χ3n) is 2.52. The molecule has 18 heavy (non-hydrogen) atoms. The molecule has 0 heterocycles. The van der Waals surface area contributed by atoms with Crippen LogP contribution in [0.2, 0.25) is 0 Å². The van der Waals surface area contributed by atoms with Crippen LogP contribution < -0.4 is 9.47 Å². The Bertz CT molecular complexity index is 494. The number of aryl methyl sites for hydroxylation is 1. The molecule has 0 atom stereocenters. The molecule has 0 amide bonds. The summed E-state index contributed by atoms with van der Waals surface area (Å²) in [5.74, 6) is 1.77. The van der Waals surface area contributed by atoms with E-state index >= 15 is 0 Å². The summed E-state index contributed by atoms with van der Waals surface area (Å²) < 4.78 is 12.3. The highest BCUT2D eigenvalue weighted by molar-refractivity contribution is 9.10. The zero-order valence-corrected chi connectivity index (χ0v) is 11.8. The van der Waals surface area contributed by atoms with Gasteiger partial charge in [-0.3, -0.25) is 0 Å². The second kappa shape index (κ2) is 6.45. The van der Waals surface area contributed by atoms with E-state index in [-0.39, 0.29) is 0 Å². The van der Waals surface area contributed by atoms with Crippen molar-refractivity contribution in [3.05, 3.63) is 58.6 Å². The van der Waals surface area contributed by atoms with Crippen LogP contribution in [-0.4, -0.2) is 13.2 Å². The number of halogens is 1. The monoisotopic (exact) mass is 306 g/mol. The molecule has 0 saturated heterocycles. The van der Waals surface area contributed by atoms with Crippen LogP contribution in [0, 0.1) is 6.92 Å². The molecule has 2 aromatic rings. The van der Waals surface area contributed by atoms with E-state index in [4.69, 9.17) is 9.47 Å². The summed E-state index contributed by atoms with van der Waals surface area (Å²) in [6.45, 7) is 3.11. The Kier molecular flexibility index (Phi) is 4.65. The summed E-state index contributed by atoms with van der Waals surface area (Å²) in [7, 11) is 0. The molecule has 0 aromatic heterocycles. The van der Waals surface area contributed by atoms with Gasteiger partial charge in [0.25, 0.3) is 0 Å². The van der Waals surface area contributed by atoms with E-state index in [0.717, 1.165) is 21.5 Å². The summed E-state index contributed by atoms with van der Waals surface area (Å²) in [4.78, 5) is 0. The molecule has 0 saturated carbocycles. The van der Waals surface area contributed by atoms with E-state index in [0.29, 0.717) is 13.2 Å². The van der Waals surface area contributed by atoms with E-state index in [2.05, 4.69) is 15.9 Å². The lowest BCUT2D eigenvalue weighted by Gasteiger charge is -2.10. The van der Waals surface area contributed by atoms with E-state index in [1.54, 1.807) is 0 Å². The molecule has 2 nitrogen and oxygen atoms in total. The molecule has 0 bridgehead atoms. The first kappa shape index (κ1) is 13.0. The van der Waals surface area contributed by atoms with Crippen molar-refractivity contribution in [1.82, 2.24) is 0 Å². The Balaban J connectivity index is 1.76. The lowest BCUT2D eigenvalue weighted by Crippen LogP contribution is -2.09.